The quantitative estimate of drug-likeness (QED) is 0.785. The highest BCUT2D eigenvalue weighted by atomic mass is 32.1. The van der Waals surface area contributed by atoms with Crippen LogP contribution in [0.3, 0.4) is 0 Å². The second kappa shape index (κ2) is 4.31. The lowest BCUT2D eigenvalue weighted by Crippen LogP contribution is -2.15. The van der Waals surface area contributed by atoms with Crippen molar-refractivity contribution in [3.05, 3.63) is 44.7 Å². The van der Waals surface area contributed by atoms with Gasteiger partial charge in [-0.1, -0.05) is 18.3 Å². The van der Waals surface area contributed by atoms with Crippen LogP contribution in [0.5, 0.6) is 0 Å². The van der Waals surface area contributed by atoms with E-state index in [4.69, 9.17) is 0 Å². The van der Waals surface area contributed by atoms with Gasteiger partial charge in [0.05, 0.1) is 10.3 Å². The summed E-state index contributed by atoms with van der Waals surface area (Å²) in [6.07, 6.45) is 3.17. The van der Waals surface area contributed by atoms with Crippen molar-refractivity contribution in [1.29, 1.82) is 0 Å². The van der Waals surface area contributed by atoms with Crippen LogP contribution in [0.15, 0.2) is 29.4 Å². The number of nitrogens with one attached hydrogen (secondary N) is 1. The Labute approximate surface area is 109 Å². The van der Waals surface area contributed by atoms with Gasteiger partial charge >= 0.3 is 5.00 Å². The second-order valence-electron chi connectivity index (χ2n) is 4.50. The molecule has 1 N–H and O–H groups in total. The van der Waals surface area contributed by atoms with Crippen LogP contribution in [0.25, 0.3) is 0 Å². The van der Waals surface area contributed by atoms with Crippen molar-refractivity contribution in [3.63, 3.8) is 0 Å². The summed E-state index contributed by atoms with van der Waals surface area (Å²) in [5.74, 6) is -0.158. The standard InChI is InChI=1S/C13H14FN2OS/c1-2-10-5-8-7-15-11-6-9(14)3-4-12(11)16(17)13(8)18-10/h5-6,15H,2-4,7H2,1H3/q+1. The summed E-state index contributed by atoms with van der Waals surface area (Å²) in [6, 6.07) is 2.07. The monoisotopic (exact) mass is 265 g/mol. The van der Waals surface area contributed by atoms with Crippen molar-refractivity contribution in [2.45, 2.75) is 32.7 Å². The highest BCUT2D eigenvalue weighted by molar-refractivity contribution is 7.15. The fraction of sp³-hybridized carbons (Fsp3) is 0.385. The summed E-state index contributed by atoms with van der Waals surface area (Å²) in [5, 5.41) is 3.92. The summed E-state index contributed by atoms with van der Waals surface area (Å²) < 4.78 is 14.2. The molecule has 3 nitrogen and oxygen atoms in total. The molecule has 0 spiro atoms. The Morgan fingerprint density at radius 3 is 3.11 bits per heavy atom. The molecule has 1 aromatic heterocycles. The molecule has 0 radical (unpaired) electrons. The minimum absolute atomic E-state index is 0.158. The number of nitrogens with zero attached hydrogens (tertiary/aromatic N) is 1. The molecular weight excluding hydrogens is 251 g/mol. The maximum absolute atomic E-state index is 13.3. The van der Waals surface area contributed by atoms with Crippen LogP contribution >= 0.6 is 11.3 Å². The van der Waals surface area contributed by atoms with Crippen molar-refractivity contribution in [1.82, 2.24) is 5.32 Å². The van der Waals surface area contributed by atoms with E-state index in [0.717, 1.165) is 21.7 Å². The van der Waals surface area contributed by atoms with Gasteiger partial charge in [0.25, 0.3) is 5.70 Å². The number of hydrogen-bond acceptors (Lipinski definition) is 3. The van der Waals surface area contributed by atoms with E-state index < -0.39 is 0 Å². The van der Waals surface area contributed by atoms with Crippen LogP contribution in [0.4, 0.5) is 9.39 Å². The Morgan fingerprint density at radius 2 is 2.33 bits per heavy atom. The predicted molar refractivity (Wildman–Crippen MR) is 69.3 cm³/mol. The summed E-state index contributed by atoms with van der Waals surface area (Å²) >= 11 is 1.54. The highest BCUT2D eigenvalue weighted by Crippen LogP contribution is 2.38. The van der Waals surface area contributed by atoms with Gasteiger partial charge in [-0.05, 0) is 18.6 Å². The fourth-order valence-electron chi connectivity index (χ4n) is 2.31. The molecule has 18 heavy (non-hydrogen) atoms. The molecule has 0 aromatic carbocycles. The van der Waals surface area contributed by atoms with Crippen LogP contribution in [-0.4, -0.2) is 4.76 Å². The fourth-order valence-corrected chi connectivity index (χ4v) is 3.36. The summed E-state index contributed by atoms with van der Waals surface area (Å²) in [6.45, 7) is 2.67. The third kappa shape index (κ3) is 1.79. The van der Waals surface area contributed by atoms with E-state index in [9.17, 15) is 9.30 Å². The summed E-state index contributed by atoms with van der Waals surface area (Å²) in [4.78, 5) is 13.6. The van der Waals surface area contributed by atoms with Gasteiger partial charge in [-0.2, -0.15) is 0 Å². The average Bonchev–Trinajstić information content (AvgIpc) is 2.74. The van der Waals surface area contributed by atoms with Crippen molar-refractivity contribution < 1.29 is 9.15 Å². The molecule has 2 heterocycles. The lowest BCUT2D eigenvalue weighted by atomic mass is 10.1. The number of thiophene rings is 1. The van der Waals surface area contributed by atoms with E-state index in [1.807, 2.05) is 0 Å². The zero-order valence-electron chi connectivity index (χ0n) is 10.1. The molecule has 0 bridgehead atoms. The second-order valence-corrected chi connectivity index (χ2v) is 5.61. The molecule has 0 amide bonds. The van der Waals surface area contributed by atoms with E-state index in [1.165, 1.54) is 22.3 Å². The van der Waals surface area contributed by atoms with Gasteiger partial charge < -0.3 is 5.32 Å². The number of hydrogen-bond donors (Lipinski definition) is 1. The van der Waals surface area contributed by atoms with E-state index in [-0.39, 0.29) is 5.83 Å². The molecule has 2 aliphatic rings. The Balaban J connectivity index is 2.06. The minimum Gasteiger partial charge on any atom is -0.375 e. The lowest BCUT2D eigenvalue weighted by molar-refractivity contribution is -0.407. The van der Waals surface area contributed by atoms with E-state index in [2.05, 4.69) is 18.3 Å². The number of rotatable bonds is 1. The Kier molecular flexibility index (Phi) is 2.78. The third-order valence-electron chi connectivity index (χ3n) is 3.30. The van der Waals surface area contributed by atoms with Crippen LogP contribution < -0.4 is 5.32 Å². The number of allylic oxidation sites excluding steroid dienone is 3. The molecule has 1 aliphatic carbocycles. The van der Waals surface area contributed by atoms with Crippen LogP contribution in [0, 0.1) is 4.91 Å². The zero-order chi connectivity index (χ0) is 12.7. The Bertz CT molecular complexity index is 586. The Morgan fingerprint density at radius 1 is 1.50 bits per heavy atom. The van der Waals surface area contributed by atoms with Gasteiger partial charge in [-0.3, -0.25) is 0 Å². The van der Waals surface area contributed by atoms with Gasteiger partial charge in [0.15, 0.2) is 0 Å². The number of halogens is 1. The van der Waals surface area contributed by atoms with Crippen LogP contribution in [0.1, 0.15) is 30.2 Å². The molecule has 1 aromatic rings. The molecule has 0 fully saturated rings. The van der Waals surface area contributed by atoms with Gasteiger partial charge in [-0.25, -0.2) is 4.39 Å². The predicted octanol–water partition coefficient (Wildman–Crippen LogP) is 3.68. The molecular formula is C13H14FN2OS+. The molecule has 0 unspecified atom stereocenters. The largest absolute Gasteiger partial charge is 0.375 e. The number of nitroso groups, excluding NO2 is 1. The van der Waals surface area contributed by atoms with E-state index in [0.29, 0.717) is 30.8 Å². The molecule has 0 saturated heterocycles. The first-order chi connectivity index (χ1) is 8.69. The maximum atomic E-state index is 13.3. The lowest BCUT2D eigenvalue weighted by Gasteiger charge is -2.09. The molecule has 94 valence electrons. The smallest absolute Gasteiger partial charge is 0.323 e. The van der Waals surface area contributed by atoms with Crippen molar-refractivity contribution in [3.8, 4) is 0 Å². The van der Waals surface area contributed by atoms with Gasteiger partial charge in [0.2, 0.25) is 0 Å². The number of aryl methyl sites for hydroxylation is 1. The van der Waals surface area contributed by atoms with Gasteiger partial charge in [0.1, 0.15) is 11.5 Å². The number of fused-ring (bicyclic) bond motifs is 1. The topological polar surface area (TPSA) is 32.1 Å². The summed E-state index contributed by atoms with van der Waals surface area (Å²) in [7, 11) is 0. The van der Waals surface area contributed by atoms with Crippen molar-refractivity contribution in [2.24, 2.45) is 0 Å². The van der Waals surface area contributed by atoms with Crippen LogP contribution in [-0.2, 0) is 13.0 Å². The minimum atomic E-state index is -0.158. The normalized spacial score (nSPS) is 18.8. The highest BCUT2D eigenvalue weighted by Gasteiger charge is 2.35. The maximum Gasteiger partial charge on any atom is 0.323 e. The molecule has 5 heteroatoms. The van der Waals surface area contributed by atoms with E-state index in [1.54, 1.807) is 0 Å². The average molecular weight is 265 g/mol. The molecule has 0 atom stereocenters. The Hall–Kier alpha value is -1.49. The molecule has 3 rings (SSSR count). The van der Waals surface area contributed by atoms with Crippen molar-refractivity contribution >= 4 is 16.3 Å². The van der Waals surface area contributed by atoms with Gasteiger partial charge in [0, 0.05) is 29.2 Å². The SMILES string of the molecule is CCc1cc2c(s1)[N+](=O)C1=C(C=C(F)CC1)NC2. The third-order valence-corrected chi connectivity index (χ3v) is 4.59. The van der Waals surface area contributed by atoms with E-state index >= 15 is 0 Å². The van der Waals surface area contributed by atoms with Crippen molar-refractivity contribution in [2.75, 3.05) is 0 Å². The first-order valence-electron chi connectivity index (χ1n) is 6.11. The summed E-state index contributed by atoms with van der Waals surface area (Å²) in [5.41, 5.74) is 2.30. The molecule has 1 aliphatic heterocycles. The van der Waals surface area contributed by atoms with Gasteiger partial charge in [-0.15, -0.1) is 0 Å². The first kappa shape index (κ1) is 11.6. The van der Waals surface area contributed by atoms with Crippen LogP contribution in [0.2, 0.25) is 0 Å². The first-order valence-corrected chi connectivity index (χ1v) is 6.92. The molecule has 0 saturated carbocycles. The zero-order valence-corrected chi connectivity index (χ0v) is 10.9.